The van der Waals surface area contributed by atoms with Crippen molar-refractivity contribution >= 4 is 11.9 Å². The molecule has 5 heteroatoms. The van der Waals surface area contributed by atoms with Crippen molar-refractivity contribution in [1.82, 2.24) is 5.32 Å². The van der Waals surface area contributed by atoms with Crippen molar-refractivity contribution in [2.45, 2.75) is 38.8 Å². The van der Waals surface area contributed by atoms with Gasteiger partial charge in [-0.2, -0.15) is 0 Å². The lowest BCUT2D eigenvalue weighted by Gasteiger charge is -2.40. The molecule has 1 rings (SSSR count). The van der Waals surface area contributed by atoms with Crippen molar-refractivity contribution in [2.75, 3.05) is 13.2 Å². The molecule has 0 radical (unpaired) electrons. The van der Waals surface area contributed by atoms with Crippen LogP contribution in [0.1, 0.15) is 27.7 Å². The highest BCUT2D eigenvalue weighted by atomic mass is 16.6. The number of rotatable bonds is 2. The summed E-state index contributed by atoms with van der Waals surface area (Å²) in [7, 11) is 0. The molecule has 0 aliphatic carbocycles. The third-order valence-electron chi connectivity index (χ3n) is 1.91. The summed E-state index contributed by atoms with van der Waals surface area (Å²) in [4.78, 5) is 22.7. The molecule has 0 spiro atoms. The van der Waals surface area contributed by atoms with Crippen LogP contribution >= 0.6 is 0 Å². The van der Waals surface area contributed by atoms with E-state index in [1.54, 1.807) is 0 Å². The Bertz CT molecular complexity index is 276. The number of esters is 1. The van der Waals surface area contributed by atoms with Crippen molar-refractivity contribution in [2.24, 2.45) is 0 Å². The van der Waals surface area contributed by atoms with E-state index in [1.165, 1.54) is 6.92 Å². The van der Waals surface area contributed by atoms with Crippen molar-refractivity contribution in [1.29, 1.82) is 0 Å². The van der Waals surface area contributed by atoms with Gasteiger partial charge in [-0.15, -0.1) is 0 Å². The summed E-state index contributed by atoms with van der Waals surface area (Å²) in [5.41, 5.74) is -1.46. The molecule has 1 fully saturated rings. The van der Waals surface area contributed by atoms with Gasteiger partial charge in [0.2, 0.25) is 5.60 Å². The molecule has 0 saturated carbocycles. The summed E-state index contributed by atoms with van der Waals surface area (Å²) < 4.78 is 9.94. The van der Waals surface area contributed by atoms with E-state index in [-0.39, 0.29) is 24.7 Å². The Labute approximate surface area is 89.1 Å². The van der Waals surface area contributed by atoms with E-state index >= 15 is 0 Å². The lowest BCUT2D eigenvalue weighted by Crippen LogP contribution is -2.64. The van der Waals surface area contributed by atoms with E-state index < -0.39 is 11.6 Å². The number of ether oxygens (including phenoxy) is 2. The van der Waals surface area contributed by atoms with Gasteiger partial charge in [0.1, 0.15) is 0 Å². The molecule has 1 heterocycles. The van der Waals surface area contributed by atoms with Gasteiger partial charge in [0.15, 0.2) is 0 Å². The lowest BCUT2D eigenvalue weighted by molar-refractivity contribution is -0.213. The first-order valence-electron chi connectivity index (χ1n) is 4.85. The molecule has 0 bridgehead atoms. The summed E-state index contributed by atoms with van der Waals surface area (Å²) in [6, 6.07) is 0. The molecule has 1 N–H and O–H groups in total. The van der Waals surface area contributed by atoms with Crippen LogP contribution in [-0.2, 0) is 19.1 Å². The Morgan fingerprint density at radius 3 is 2.13 bits per heavy atom. The Hall–Kier alpha value is -1.10. The van der Waals surface area contributed by atoms with Gasteiger partial charge in [-0.3, -0.25) is 9.59 Å². The van der Waals surface area contributed by atoms with E-state index in [9.17, 15) is 9.59 Å². The second kappa shape index (κ2) is 3.81. The maximum Gasteiger partial charge on any atom is 0.303 e. The summed E-state index contributed by atoms with van der Waals surface area (Å²) >= 11 is 0. The van der Waals surface area contributed by atoms with Crippen LogP contribution in [0, 0.1) is 0 Å². The van der Waals surface area contributed by atoms with Crippen molar-refractivity contribution in [3.05, 3.63) is 0 Å². The van der Waals surface area contributed by atoms with Gasteiger partial charge in [0.05, 0.1) is 13.2 Å². The number of carbonyl (C=O) groups is 2. The summed E-state index contributed by atoms with van der Waals surface area (Å²) in [5.74, 6) is -0.765. The highest BCUT2D eigenvalue weighted by Crippen LogP contribution is 2.23. The van der Waals surface area contributed by atoms with Gasteiger partial charge >= 0.3 is 5.97 Å². The molecule has 0 aromatic heterocycles. The minimum atomic E-state index is -1.11. The standard InChI is InChI=1S/C10H17NO4/c1-7(12)15-10(5-14-6-10)8(13)11-9(2,3)4/h5-6H2,1-4H3,(H,11,13). The number of hydrogen-bond acceptors (Lipinski definition) is 4. The molecular weight excluding hydrogens is 198 g/mol. The predicted octanol–water partition coefficient (Wildman–Crippen LogP) is 0.233. The van der Waals surface area contributed by atoms with Crippen LogP contribution in [0.4, 0.5) is 0 Å². The minimum Gasteiger partial charge on any atom is -0.444 e. The molecular formula is C10H17NO4. The third kappa shape index (κ3) is 2.92. The molecule has 0 unspecified atom stereocenters. The normalized spacial score (nSPS) is 18.9. The first-order chi connectivity index (χ1) is 6.75. The van der Waals surface area contributed by atoms with Crippen LogP contribution in [-0.4, -0.2) is 36.2 Å². The number of amides is 1. The molecule has 1 saturated heterocycles. The predicted molar refractivity (Wildman–Crippen MR) is 53.2 cm³/mol. The number of hydrogen-bond donors (Lipinski definition) is 1. The van der Waals surface area contributed by atoms with Gasteiger partial charge in [-0.05, 0) is 20.8 Å². The first kappa shape index (κ1) is 12.0. The van der Waals surface area contributed by atoms with E-state index in [0.29, 0.717) is 0 Å². The number of nitrogens with one attached hydrogen (secondary N) is 1. The quantitative estimate of drug-likeness (QED) is 0.670. The maximum absolute atomic E-state index is 11.8. The van der Waals surface area contributed by atoms with E-state index in [4.69, 9.17) is 9.47 Å². The Kier molecular flexibility index (Phi) is 3.04. The zero-order chi connectivity index (χ0) is 11.7. The summed E-state index contributed by atoms with van der Waals surface area (Å²) in [6.07, 6.45) is 0. The topological polar surface area (TPSA) is 64.6 Å². The van der Waals surface area contributed by atoms with Crippen LogP contribution in [0.15, 0.2) is 0 Å². The van der Waals surface area contributed by atoms with Crippen molar-refractivity contribution in [3.8, 4) is 0 Å². The average molecular weight is 215 g/mol. The van der Waals surface area contributed by atoms with Gasteiger partial charge in [0.25, 0.3) is 5.91 Å². The molecule has 1 aliphatic heterocycles. The van der Waals surface area contributed by atoms with Gasteiger partial charge < -0.3 is 14.8 Å². The zero-order valence-corrected chi connectivity index (χ0v) is 9.55. The monoisotopic (exact) mass is 215 g/mol. The van der Waals surface area contributed by atoms with Crippen molar-refractivity contribution < 1.29 is 19.1 Å². The van der Waals surface area contributed by atoms with Crippen molar-refractivity contribution in [3.63, 3.8) is 0 Å². The van der Waals surface area contributed by atoms with Crippen LogP contribution in [0.5, 0.6) is 0 Å². The lowest BCUT2D eigenvalue weighted by atomic mass is 9.98. The Balaban J connectivity index is 2.66. The molecule has 86 valence electrons. The third-order valence-corrected chi connectivity index (χ3v) is 1.91. The van der Waals surface area contributed by atoms with Gasteiger partial charge in [-0.25, -0.2) is 0 Å². The minimum absolute atomic E-state index is 0.133. The maximum atomic E-state index is 11.8. The summed E-state index contributed by atoms with van der Waals surface area (Å²) in [5, 5.41) is 2.77. The van der Waals surface area contributed by atoms with E-state index in [1.807, 2.05) is 20.8 Å². The van der Waals surface area contributed by atoms with Gasteiger partial charge in [-0.1, -0.05) is 0 Å². The Morgan fingerprint density at radius 1 is 1.33 bits per heavy atom. The Morgan fingerprint density at radius 2 is 1.87 bits per heavy atom. The molecule has 1 aliphatic rings. The van der Waals surface area contributed by atoms with Crippen LogP contribution in [0.2, 0.25) is 0 Å². The zero-order valence-electron chi connectivity index (χ0n) is 9.55. The van der Waals surface area contributed by atoms with Gasteiger partial charge in [0, 0.05) is 12.5 Å². The second-order valence-corrected chi connectivity index (χ2v) is 4.78. The van der Waals surface area contributed by atoms with E-state index in [2.05, 4.69) is 5.32 Å². The molecule has 15 heavy (non-hydrogen) atoms. The average Bonchev–Trinajstić information content (AvgIpc) is 1.92. The van der Waals surface area contributed by atoms with Crippen LogP contribution in [0.25, 0.3) is 0 Å². The fourth-order valence-corrected chi connectivity index (χ4v) is 1.25. The van der Waals surface area contributed by atoms with Crippen LogP contribution < -0.4 is 5.32 Å². The van der Waals surface area contributed by atoms with E-state index in [0.717, 1.165) is 0 Å². The van der Waals surface area contributed by atoms with Crippen LogP contribution in [0.3, 0.4) is 0 Å². The summed E-state index contributed by atoms with van der Waals surface area (Å²) in [6.45, 7) is 7.15. The molecule has 0 atom stereocenters. The highest BCUT2D eigenvalue weighted by molar-refractivity contribution is 5.89. The number of carbonyl (C=O) groups excluding carboxylic acids is 2. The second-order valence-electron chi connectivity index (χ2n) is 4.78. The molecule has 0 aromatic carbocycles. The fraction of sp³-hybridized carbons (Fsp3) is 0.800. The SMILES string of the molecule is CC(=O)OC1(C(=O)NC(C)(C)C)COC1. The largest absolute Gasteiger partial charge is 0.444 e. The molecule has 0 aromatic rings. The molecule has 5 nitrogen and oxygen atoms in total. The smallest absolute Gasteiger partial charge is 0.303 e. The molecule has 1 amide bonds. The fourth-order valence-electron chi connectivity index (χ4n) is 1.25. The first-order valence-corrected chi connectivity index (χ1v) is 4.85. The highest BCUT2D eigenvalue weighted by Gasteiger charge is 2.50.